The van der Waals surface area contributed by atoms with Crippen LogP contribution in [0.25, 0.3) is 11.1 Å². The molecule has 30 heavy (non-hydrogen) atoms. The van der Waals surface area contributed by atoms with Crippen molar-refractivity contribution in [3.8, 4) is 0 Å². The van der Waals surface area contributed by atoms with Gasteiger partial charge in [-0.25, -0.2) is 0 Å². The number of rotatable bonds is 4. The molecule has 148 valence electrons. The van der Waals surface area contributed by atoms with Gasteiger partial charge in [-0.3, -0.25) is 0 Å². The minimum atomic E-state index is 0.524. The van der Waals surface area contributed by atoms with Crippen LogP contribution in [0.4, 0.5) is 0 Å². The van der Waals surface area contributed by atoms with Gasteiger partial charge in [-0.1, -0.05) is 0 Å². The van der Waals surface area contributed by atoms with Crippen LogP contribution < -0.4 is 18.9 Å². The Bertz CT molecular complexity index is 1070. The van der Waals surface area contributed by atoms with Gasteiger partial charge in [0.2, 0.25) is 0 Å². The minimum absolute atomic E-state index is 0.524. The molecule has 4 rings (SSSR count). The van der Waals surface area contributed by atoms with Crippen molar-refractivity contribution in [2.24, 2.45) is 0 Å². The van der Waals surface area contributed by atoms with Gasteiger partial charge in [0.25, 0.3) is 0 Å². The summed E-state index contributed by atoms with van der Waals surface area (Å²) < 4.78 is 2.61. The highest BCUT2D eigenvalue weighted by Gasteiger charge is 2.22. The zero-order valence-electron chi connectivity index (χ0n) is 15.7. The Balaban J connectivity index is 2.15. The van der Waals surface area contributed by atoms with Crippen LogP contribution in [0.2, 0.25) is 0 Å². The van der Waals surface area contributed by atoms with Crippen molar-refractivity contribution in [2.75, 3.05) is 0 Å². The highest BCUT2D eigenvalue weighted by molar-refractivity contribution is 6.03. The van der Waals surface area contributed by atoms with Crippen LogP contribution >= 0.6 is 0 Å². The van der Waals surface area contributed by atoms with Gasteiger partial charge in [-0.2, -0.15) is 18.9 Å². The topological polar surface area (TPSA) is 108 Å². The molecule has 0 aliphatic heterocycles. The average Bonchev–Trinajstić information content (AvgIpc) is 2.72. The lowest BCUT2D eigenvalue weighted by Crippen LogP contribution is -2.27. The Hall–Kier alpha value is -4.46. The van der Waals surface area contributed by atoms with E-state index in [2.05, 4.69) is 0 Å². The Morgan fingerprint density at radius 2 is 0.667 bits per heavy atom. The molecular weight excluding hydrogens is 384 g/mol. The first-order chi connectivity index (χ1) is 14.5. The average molecular weight is 400 g/mol. The van der Waals surface area contributed by atoms with Crippen molar-refractivity contribution in [1.82, 2.24) is 0 Å². The van der Waals surface area contributed by atoms with Gasteiger partial charge >= 0.3 is 0 Å². The second-order valence-corrected chi connectivity index (χ2v) is 6.56. The summed E-state index contributed by atoms with van der Waals surface area (Å²) in [5.74, 6) is 0. The van der Waals surface area contributed by atoms with Crippen molar-refractivity contribution >= 4 is 11.1 Å². The largest absolute Gasteiger partial charge is 0.619 e. The van der Waals surface area contributed by atoms with E-state index in [9.17, 15) is 20.8 Å². The molecule has 4 aromatic rings. The molecule has 0 atom stereocenters. The highest BCUT2D eigenvalue weighted by atomic mass is 16.5. The summed E-state index contributed by atoms with van der Waals surface area (Å²) in [7, 11) is 0. The summed E-state index contributed by atoms with van der Waals surface area (Å²) in [5, 5.41) is 48.1. The standard InChI is InChI=1S/C22H16N4O4/c27-23-9-1-5-17(13-23)21(18-6-2-10-24(28)14-18)22(19-7-3-11-25(29)15-19)20-8-4-12-26(30)16-20/h1-16H. The molecule has 0 fully saturated rings. The molecule has 0 unspecified atom stereocenters. The summed E-state index contributed by atoms with van der Waals surface area (Å²) >= 11 is 0. The van der Waals surface area contributed by atoms with Crippen LogP contribution in [0, 0.1) is 20.8 Å². The van der Waals surface area contributed by atoms with Gasteiger partial charge in [0.05, 0.1) is 0 Å². The zero-order valence-corrected chi connectivity index (χ0v) is 15.7. The van der Waals surface area contributed by atoms with Crippen LogP contribution in [-0.4, -0.2) is 0 Å². The van der Waals surface area contributed by atoms with E-state index in [4.69, 9.17) is 0 Å². The van der Waals surface area contributed by atoms with Crippen LogP contribution in [0.5, 0.6) is 0 Å². The number of hydrogen-bond donors (Lipinski definition) is 0. The number of hydrogen-bond acceptors (Lipinski definition) is 4. The Morgan fingerprint density at radius 3 is 0.867 bits per heavy atom. The maximum absolute atomic E-state index is 12.0. The van der Waals surface area contributed by atoms with Crippen LogP contribution in [0.3, 0.4) is 0 Å². The fourth-order valence-electron chi connectivity index (χ4n) is 3.32. The fraction of sp³-hybridized carbons (Fsp3) is 0. The Labute approximate surface area is 171 Å². The van der Waals surface area contributed by atoms with Gasteiger partial charge in [0.1, 0.15) is 0 Å². The summed E-state index contributed by atoms with van der Waals surface area (Å²) in [6.07, 6.45) is 10.9. The van der Waals surface area contributed by atoms with Gasteiger partial charge in [0.15, 0.2) is 49.6 Å². The molecule has 0 radical (unpaired) electrons. The lowest BCUT2D eigenvalue weighted by molar-refractivity contribution is -0.606. The zero-order chi connectivity index (χ0) is 21.1. The smallest absolute Gasteiger partial charge is 0.188 e. The molecule has 0 aliphatic carbocycles. The molecular formula is C22H16N4O4. The van der Waals surface area contributed by atoms with Gasteiger partial charge in [0, 0.05) is 57.7 Å². The van der Waals surface area contributed by atoms with Gasteiger partial charge in [-0.05, 0) is 24.3 Å². The molecule has 8 nitrogen and oxygen atoms in total. The predicted octanol–water partition coefficient (Wildman–Crippen LogP) is 1.23. The molecule has 0 amide bonds. The van der Waals surface area contributed by atoms with E-state index in [0.29, 0.717) is 52.3 Å². The third kappa shape index (κ3) is 3.88. The maximum atomic E-state index is 12.0. The normalized spacial score (nSPS) is 10.5. The van der Waals surface area contributed by atoms with Crippen LogP contribution in [0.15, 0.2) is 98.1 Å². The van der Waals surface area contributed by atoms with E-state index in [1.54, 1.807) is 48.5 Å². The van der Waals surface area contributed by atoms with E-state index in [-0.39, 0.29) is 0 Å². The lowest BCUT2D eigenvalue weighted by atomic mass is 9.88. The molecule has 4 heterocycles. The number of pyridine rings is 4. The molecule has 0 saturated heterocycles. The van der Waals surface area contributed by atoms with Crippen molar-refractivity contribution in [2.45, 2.75) is 0 Å². The quantitative estimate of drug-likeness (QED) is 0.379. The fourth-order valence-corrected chi connectivity index (χ4v) is 3.32. The van der Waals surface area contributed by atoms with E-state index >= 15 is 0 Å². The summed E-state index contributed by atoms with van der Waals surface area (Å²) in [6.45, 7) is 0. The van der Waals surface area contributed by atoms with E-state index in [0.717, 1.165) is 0 Å². The van der Waals surface area contributed by atoms with Crippen LogP contribution in [-0.2, 0) is 0 Å². The maximum Gasteiger partial charge on any atom is 0.188 e. The van der Waals surface area contributed by atoms with E-state index in [1.807, 2.05) is 0 Å². The minimum Gasteiger partial charge on any atom is -0.619 e. The van der Waals surface area contributed by atoms with Crippen molar-refractivity contribution in [1.29, 1.82) is 0 Å². The molecule has 0 N–H and O–H groups in total. The third-order valence-electron chi connectivity index (χ3n) is 4.51. The second kappa shape index (κ2) is 7.88. The monoisotopic (exact) mass is 400 g/mol. The van der Waals surface area contributed by atoms with Crippen LogP contribution in [0.1, 0.15) is 22.3 Å². The first-order valence-corrected chi connectivity index (χ1v) is 9.02. The van der Waals surface area contributed by atoms with Gasteiger partial charge in [-0.15, -0.1) is 0 Å². The Morgan fingerprint density at radius 1 is 0.433 bits per heavy atom. The number of aromatic nitrogens is 4. The van der Waals surface area contributed by atoms with Crippen molar-refractivity contribution < 1.29 is 18.9 Å². The molecule has 0 aliphatic rings. The van der Waals surface area contributed by atoms with Crippen molar-refractivity contribution in [3.63, 3.8) is 0 Å². The molecule has 0 spiro atoms. The Kier molecular flexibility index (Phi) is 4.96. The molecule has 4 aromatic heterocycles. The first kappa shape index (κ1) is 18.9. The third-order valence-corrected chi connectivity index (χ3v) is 4.51. The van der Waals surface area contributed by atoms with Crippen molar-refractivity contribution in [3.05, 3.63) is 141 Å². The van der Waals surface area contributed by atoms with E-state index < -0.39 is 0 Å². The molecule has 0 bridgehead atoms. The second-order valence-electron chi connectivity index (χ2n) is 6.56. The number of nitrogens with zero attached hydrogens (tertiary/aromatic N) is 4. The highest BCUT2D eigenvalue weighted by Crippen LogP contribution is 2.35. The first-order valence-electron chi connectivity index (χ1n) is 9.02. The molecule has 0 aromatic carbocycles. The summed E-state index contributed by atoms with van der Waals surface area (Å²) in [5.41, 5.74) is 3.16. The molecule has 0 saturated carbocycles. The molecule has 8 heteroatoms. The lowest BCUT2D eigenvalue weighted by Gasteiger charge is -2.15. The summed E-state index contributed by atoms with van der Waals surface area (Å²) in [6, 6.07) is 13.3. The predicted molar refractivity (Wildman–Crippen MR) is 107 cm³/mol. The van der Waals surface area contributed by atoms with Gasteiger partial charge < -0.3 is 20.8 Å². The SMILES string of the molecule is [O-][n+]1cccc(C(=C(c2ccc[n+]([O-])c2)c2ccc[n+]([O-])c2)c2ccc[n+]([O-])c2)c1. The summed E-state index contributed by atoms with van der Waals surface area (Å²) in [4.78, 5) is 0. The van der Waals surface area contributed by atoms with E-state index in [1.165, 1.54) is 49.6 Å².